The largest absolute Gasteiger partial charge is 0.481 e. The van der Waals surface area contributed by atoms with E-state index in [9.17, 15) is 24.3 Å². The van der Waals surface area contributed by atoms with Crippen molar-refractivity contribution >= 4 is 34.6 Å². The molecule has 5 N–H and O–H groups in total. The minimum Gasteiger partial charge on any atom is -0.481 e. The number of rotatable bonds is 16. The Morgan fingerprint density at radius 2 is 1.60 bits per heavy atom. The molecule has 0 fully saturated rings. The van der Waals surface area contributed by atoms with Crippen molar-refractivity contribution in [3.63, 3.8) is 0 Å². The molecule has 2 rings (SSSR count). The van der Waals surface area contributed by atoms with Gasteiger partial charge in [-0.25, -0.2) is 9.80 Å². The first kappa shape index (κ1) is 32.5. The van der Waals surface area contributed by atoms with Gasteiger partial charge in [0.2, 0.25) is 11.8 Å². The van der Waals surface area contributed by atoms with Gasteiger partial charge in [-0.3, -0.25) is 19.8 Å². The van der Waals surface area contributed by atoms with Gasteiger partial charge in [-0.1, -0.05) is 49.4 Å². The number of hydrazine groups is 1. The average Bonchev–Trinajstić information content (AvgIpc) is 2.90. The van der Waals surface area contributed by atoms with Crippen LogP contribution in [0.15, 0.2) is 42.5 Å². The maximum Gasteiger partial charge on any atom is 0.329 e. The number of benzene rings is 2. The predicted molar refractivity (Wildman–Crippen MR) is 150 cm³/mol. The summed E-state index contributed by atoms with van der Waals surface area (Å²) in [6.45, 7) is 8.20. The molecule has 0 aliphatic carbocycles. The zero-order chi connectivity index (χ0) is 29.7. The van der Waals surface area contributed by atoms with Crippen molar-refractivity contribution in [3.05, 3.63) is 48.0 Å². The molecule has 0 saturated heterocycles. The number of likely N-dealkylation sites (N-methyl/N-ethyl adjacent to an activating group) is 1. The summed E-state index contributed by atoms with van der Waals surface area (Å²) in [6.07, 6.45) is -1.29. The van der Waals surface area contributed by atoms with Gasteiger partial charge in [0.25, 0.3) is 0 Å². The maximum atomic E-state index is 13.6. The van der Waals surface area contributed by atoms with E-state index in [-0.39, 0.29) is 12.5 Å². The number of nitrogens with zero attached hydrogens (tertiary/aromatic N) is 1. The highest BCUT2D eigenvalue weighted by molar-refractivity contribution is 5.92. The molecule has 0 bridgehead atoms. The van der Waals surface area contributed by atoms with Crippen LogP contribution in [0.4, 0.5) is 4.79 Å². The second-order valence-electron chi connectivity index (χ2n) is 9.24. The fourth-order valence-electron chi connectivity index (χ4n) is 4.36. The molecule has 0 aliphatic heterocycles. The van der Waals surface area contributed by atoms with Crippen molar-refractivity contribution < 1.29 is 33.8 Å². The number of carbonyl (C=O) groups excluding carboxylic acids is 3. The molecule has 0 saturated carbocycles. The zero-order valence-corrected chi connectivity index (χ0v) is 23.7. The number of ether oxygens (including phenoxy) is 2. The lowest BCUT2D eigenvalue weighted by Gasteiger charge is -2.33. The monoisotopic (exact) mass is 559 g/mol. The molecule has 2 aromatic carbocycles. The van der Waals surface area contributed by atoms with E-state index in [4.69, 9.17) is 9.47 Å². The first-order valence-corrected chi connectivity index (χ1v) is 13.4. The summed E-state index contributed by atoms with van der Waals surface area (Å²) in [6, 6.07) is 11.0. The minimum atomic E-state index is -1.37. The Labute approximate surface area is 234 Å². The van der Waals surface area contributed by atoms with Crippen molar-refractivity contribution in [2.24, 2.45) is 5.92 Å². The number of fused-ring (bicyclic) bond motifs is 1. The van der Waals surface area contributed by atoms with Gasteiger partial charge < -0.3 is 30.5 Å². The Morgan fingerprint density at radius 3 is 2.23 bits per heavy atom. The van der Waals surface area contributed by atoms with Gasteiger partial charge in [-0.05, 0) is 37.1 Å². The van der Waals surface area contributed by atoms with Gasteiger partial charge in [0.1, 0.15) is 6.04 Å². The molecule has 3 atom stereocenters. The average molecular weight is 560 g/mol. The highest BCUT2D eigenvalue weighted by Crippen LogP contribution is 2.32. The summed E-state index contributed by atoms with van der Waals surface area (Å²) >= 11 is 0. The van der Waals surface area contributed by atoms with E-state index in [2.05, 4.69) is 21.4 Å². The van der Waals surface area contributed by atoms with Crippen molar-refractivity contribution in [1.29, 1.82) is 0 Å². The molecule has 2 unspecified atom stereocenters. The van der Waals surface area contributed by atoms with Crippen LogP contribution in [0.3, 0.4) is 0 Å². The molecule has 0 radical (unpaired) electrons. The summed E-state index contributed by atoms with van der Waals surface area (Å²) in [7, 11) is 1.47. The van der Waals surface area contributed by atoms with E-state index >= 15 is 0 Å². The fourth-order valence-corrected chi connectivity index (χ4v) is 4.36. The lowest BCUT2D eigenvalue weighted by molar-refractivity contribution is -0.170. The third kappa shape index (κ3) is 9.78. The van der Waals surface area contributed by atoms with Crippen molar-refractivity contribution in [3.8, 4) is 0 Å². The Bertz CT molecular complexity index is 1130. The van der Waals surface area contributed by atoms with Gasteiger partial charge in [-0.2, -0.15) is 0 Å². The Hall–Kier alpha value is -3.74. The van der Waals surface area contributed by atoms with Crippen LogP contribution in [0.2, 0.25) is 0 Å². The first-order valence-electron chi connectivity index (χ1n) is 13.4. The Kier molecular flexibility index (Phi) is 13.3. The van der Waals surface area contributed by atoms with E-state index in [0.717, 1.165) is 16.3 Å². The summed E-state index contributed by atoms with van der Waals surface area (Å²) in [4.78, 5) is 49.6. The van der Waals surface area contributed by atoms with Gasteiger partial charge in [0.05, 0.1) is 19.0 Å². The second-order valence-corrected chi connectivity index (χ2v) is 9.24. The first-order chi connectivity index (χ1) is 19.1. The zero-order valence-electron chi connectivity index (χ0n) is 23.7. The molecule has 4 amide bonds. The SMILES string of the molecule is CCNC(=O)NN(C)CC(=O)NC(CC(=O)O)C(=O)NC(c1cccc2ccccc12)[C@H](C)C(OCC)OCC. The quantitative estimate of drug-likeness (QED) is 0.155. The number of urea groups is 1. The summed E-state index contributed by atoms with van der Waals surface area (Å²) in [5.74, 6) is -2.96. The molecule has 12 nitrogen and oxygen atoms in total. The molecule has 12 heteroatoms. The van der Waals surface area contributed by atoms with Crippen LogP contribution >= 0.6 is 0 Å². The molecule has 2 aromatic rings. The van der Waals surface area contributed by atoms with Crippen molar-refractivity contribution in [1.82, 2.24) is 26.4 Å². The number of carboxylic acids is 1. The van der Waals surface area contributed by atoms with Crippen LogP contribution in [0.25, 0.3) is 10.8 Å². The molecular formula is C28H41N5O7. The van der Waals surface area contributed by atoms with Crippen LogP contribution in [-0.2, 0) is 23.9 Å². The van der Waals surface area contributed by atoms with Crippen LogP contribution < -0.4 is 21.4 Å². The number of amides is 4. The number of hydrogen-bond acceptors (Lipinski definition) is 7. The number of nitrogens with one attached hydrogen (secondary N) is 4. The summed E-state index contributed by atoms with van der Waals surface area (Å²) in [5.41, 5.74) is 3.26. The van der Waals surface area contributed by atoms with Crippen LogP contribution in [0.5, 0.6) is 0 Å². The molecule has 220 valence electrons. The number of carbonyl (C=O) groups is 4. The highest BCUT2D eigenvalue weighted by Gasteiger charge is 2.33. The molecular weight excluding hydrogens is 518 g/mol. The smallest absolute Gasteiger partial charge is 0.329 e. The highest BCUT2D eigenvalue weighted by atomic mass is 16.7. The van der Waals surface area contributed by atoms with Crippen molar-refractivity contribution in [2.75, 3.05) is 33.4 Å². The van der Waals surface area contributed by atoms with E-state index in [1.807, 2.05) is 63.2 Å². The maximum absolute atomic E-state index is 13.6. The van der Waals surface area contributed by atoms with E-state index < -0.39 is 48.6 Å². The van der Waals surface area contributed by atoms with Gasteiger partial charge in [0, 0.05) is 32.7 Å². The number of aliphatic carboxylic acids is 1. The summed E-state index contributed by atoms with van der Waals surface area (Å²) in [5, 5.41) is 20.6. The van der Waals surface area contributed by atoms with E-state index in [1.165, 1.54) is 12.1 Å². The van der Waals surface area contributed by atoms with Gasteiger partial charge in [-0.15, -0.1) is 0 Å². The third-order valence-corrected chi connectivity index (χ3v) is 6.11. The third-order valence-electron chi connectivity index (χ3n) is 6.11. The van der Waals surface area contributed by atoms with Crippen LogP contribution in [0.1, 0.15) is 45.7 Å². The van der Waals surface area contributed by atoms with Crippen LogP contribution in [0, 0.1) is 5.92 Å². The topological polar surface area (TPSA) is 158 Å². The van der Waals surface area contributed by atoms with E-state index in [1.54, 1.807) is 6.92 Å². The standard InChI is InChI=1S/C28H41N5O7/c1-6-29-28(38)32-33(5)17-23(34)30-22(16-24(35)36)26(37)31-25(18(4)27(39-7-2)40-8-3)21-15-11-13-19-12-9-10-14-20(19)21/h9-15,18,22,25,27H,6-8,16-17H2,1-5H3,(H,30,34)(H,31,37)(H,35,36)(H2,29,32,38)/t18-,22?,25?/m0/s1. The molecule has 0 spiro atoms. The van der Waals surface area contributed by atoms with Crippen molar-refractivity contribution in [2.45, 2.75) is 52.5 Å². The molecule has 40 heavy (non-hydrogen) atoms. The minimum absolute atomic E-state index is 0.305. The lowest BCUT2D eigenvalue weighted by Crippen LogP contribution is -2.54. The fraction of sp³-hybridized carbons (Fsp3) is 0.500. The predicted octanol–water partition coefficient (Wildman–Crippen LogP) is 2.16. The van der Waals surface area contributed by atoms with Crippen LogP contribution in [-0.4, -0.2) is 79.6 Å². The molecule has 0 aliphatic rings. The lowest BCUT2D eigenvalue weighted by atomic mass is 9.89. The Morgan fingerprint density at radius 1 is 0.950 bits per heavy atom. The molecule has 0 aromatic heterocycles. The summed E-state index contributed by atoms with van der Waals surface area (Å²) < 4.78 is 11.7. The van der Waals surface area contributed by atoms with Gasteiger partial charge in [0.15, 0.2) is 6.29 Å². The number of hydrogen-bond donors (Lipinski definition) is 5. The molecule has 0 heterocycles. The van der Waals surface area contributed by atoms with Gasteiger partial charge >= 0.3 is 12.0 Å². The normalized spacial score (nSPS) is 13.5. The second kappa shape index (κ2) is 16.4. The van der Waals surface area contributed by atoms with E-state index in [0.29, 0.717) is 19.8 Å². The number of carboxylic acid groups (broad SMARTS) is 1. The Balaban J connectivity index is 2.34.